The molecule has 0 N–H and O–H groups in total. The van der Waals surface area contributed by atoms with Gasteiger partial charge in [-0.1, -0.05) is 32.0 Å². The number of anilines is 1. The summed E-state index contributed by atoms with van der Waals surface area (Å²) in [6, 6.07) is 6.66. The number of benzene rings is 1. The Labute approximate surface area is 143 Å². The molecule has 0 aliphatic carbocycles. The van der Waals surface area contributed by atoms with Crippen molar-refractivity contribution in [1.29, 1.82) is 0 Å². The topological polar surface area (TPSA) is 35.9 Å². The van der Waals surface area contributed by atoms with Gasteiger partial charge in [0.15, 0.2) is 0 Å². The summed E-state index contributed by atoms with van der Waals surface area (Å²) in [5, 5.41) is 5.64. The van der Waals surface area contributed by atoms with Gasteiger partial charge >= 0.3 is 0 Å². The van der Waals surface area contributed by atoms with E-state index in [-0.39, 0.29) is 11.3 Å². The summed E-state index contributed by atoms with van der Waals surface area (Å²) in [5.74, 6) is -0.0306. The molecule has 3 heterocycles. The van der Waals surface area contributed by atoms with Crippen molar-refractivity contribution in [2.45, 2.75) is 39.0 Å². The highest BCUT2D eigenvalue weighted by Gasteiger charge is 2.42. The molecule has 124 valence electrons. The summed E-state index contributed by atoms with van der Waals surface area (Å²) in [7, 11) is 1.70. The summed E-state index contributed by atoms with van der Waals surface area (Å²) < 4.78 is 0. The van der Waals surface area contributed by atoms with Crippen LogP contribution in [-0.4, -0.2) is 30.2 Å². The molecule has 0 radical (unpaired) electrons. The molecule has 0 saturated carbocycles. The zero-order valence-corrected chi connectivity index (χ0v) is 14.8. The molecule has 4 rings (SSSR count). The van der Waals surface area contributed by atoms with Crippen LogP contribution >= 0.6 is 0 Å². The van der Waals surface area contributed by atoms with Gasteiger partial charge in [-0.05, 0) is 43.0 Å². The van der Waals surface area contributed by atoms with Gasteiger partial charge in [0.05, 0.1) is 11.3 Å². The lowest BCUT2D eigenvalue weighted by Crippen LogP contribution is -2.29. The van der Waals surface area contributed by atoms with Crippen LogP contribution in [0.3, 0.4) is 0 Å². The average molecular weight is 321 g/mol. The van der Waals surface area contributed by atoms with Crippen LogP contribution in [0.25, 0.3) is 0 Å². The molecule has 4 heteroatoms. The molecule has 3 aliphatic heterocycles. The predicted molar refractivity (Wildman–Crippen MR) is 97.2 cm³/mol. The Morgan fingerprint density at radius 1 is 1.25 bits per heavy atom. The van der Waals surface area contributed by atoms with Crippen molar-refractivity contribution in [2.75, 3.05) is 18.5 Å². The number of hydrazone groups is 1. The van der Waals surface area contributed by atoms with Crippen LogP contribution in [0.1, 0.15) is 38.3 Å². The van der Waals surface area contributed by atoms with Crippen molar-refractivity contribution in [3.05, 3.63) is 52.7 Å². The molecule has 1 aromatic rings. The van der Waals surface area contributed by atoms with E-state index in [0.717, 1.165) is 18.7 Å². The molecule has 0 bridgehead atoms. The van der Waals surface area contributed by atoms with Crippen LogP contribution in [0.2, 0.25) is 0 Å². The number of allylic oxidation sites excluding steroid dienone is 3. The molecule has 4 nitrogen and oxygen atoms in total. The van der Waals surface area contributed by atoms with Crippen LogP contribution in [-0.2, 0) is 16.6 Å². The number of hydrogen-bond donors (Lipinski definition) is 0. The zero-order valence-electron chi connectivity index (χ0n) is 14.8. The van der Waals surface area contributed by atoms with Crippen LogP contribution in [0, 0.1) is 0 Å². The molecule has 3 aliphatic rings. The molecule has 0 aromatic heterocycles. The first-order valence-corrected chi connectivity index (χ1v) is 8.57. The van der Waals surface area contributed by atoms with Gasteiger partial charge in [0, 0.05) is 30.4 Å². The SMILES string of the molecule is CC1=NN(C)C(=O)/C1=C/C=C1\N2CCCc3cccc(c32)C1(C)C. The maximum Gasteiger partial charge on any atom is 0.275 e. The van der Waals surface area contributed by atoms with Crippen molar-refractivity contribution in [3.63, 3.8) is 0 Å². The number of rotatable bonds is 1. The largest absolute Gasteiger partial charge is 0.344 e. The molecule has 1 amide bonds. The van der Waals surface area contributed by atoms with Gasteiger partial charge in [-0.3, -0.25) is 4.79 Å². The zero-order chi connectivity index (χ0) is 17.1. The third-order valence-corrected chi connectivity index (χ3v) is 5.44. The van der Waals surface area contributed by atoms with Crippen molar-refractivity contribution in [1.82, 2.24) is 5.01 Å². The quantitative estimate of drug-likeness (QED) is 0.743. The van der Waals surface area contributed by atoms with Gasteiger partial charge in [0.25, 0.3) is 5.91 Å². The number of likely N-dealkylation sites (N-methyl/N-ethyl adjacent to an activating group) is 1. The Balaban J connectivity index is 1.81. The molecule has 1 aromatic carbocycles. The number of nitrogens with zero attached hydrogens (tertiary/aromatic N) is 3. The minimum atomic E-state index is -0.0503. The maximum absolute atomic E-state index is 12.2. The average Bonchev–Trinajstić information content (AvgIpc) is 2.92. The number of para-hydroxylation sites is 1. The van der Waals surface area contributed by atoms with E-state index in [1.807, 2.05) is 13.0 Å². The Morgan fingerprint density at radius 3 is 2.75 bits per heavy atom. The summed E-state index contributed by atoms with van der Waals surface area (Å²) >= 11 is 0. The Hall–Kier alpha value is -2.36. The van der Waals surface area contributed by atoms with Crippen molar-refractivity contribution >= 4 is 17.3 Å². The third kappa shape index (κ3) is 1.98. The number of aryl methyl sites for hydroxylation is 1. The Morgan fingerprint density at radius 2 is 2.04 bits per heavy atom. The van der Waals surface area contributed by atoms with Crippen LogP contribution < -0.4 is 4.90 Å². The number of carbonyl (C=O) groups excluding carboxylic acids is 1. The van der Waals surface area contributed by atoms with Crippen molar-refractivity contribution < 1.29 is 4.79 Å². The lowest BCUT2D eigenvalue weighted by atomic mass is 9.83. The van der Waals surface area contributed by atoms with E-state index in [0.29, 0.717) is 5.57 Å². The van der Waals surface area contributed by atoms with Gasteiger partial charge in [-0.15, -0.1) is 0 Å². The summed E-state index contributed by atoms with van der Waals surface area (Å²) in [6.07, 6.45) is 6.39. The fourth-order valence-electron chi connectivity index (χ4n) is 4.18. The molecular formula is C20H23N3O. The fourth-order valence-corrected chi connectivity index (χ4v) is 4.18. The second-order valence-electron chi connectivity index (χ2n) is 7.34. The van der Waals surface area contributed by atoms with Crippen LogP contribution in [0.5, 0.6) is 0 Å². The van der Waals surface area contributed by atoms with E-state index < -0.39 is 0 Å². The monoisotopic (exact) mass is 321 g/mol. The summed E-state index contributed by atoms with van der Waals surface area (Å²) in [4.78, 5) is 14.7. The van der Waals surface area contributed by atoms with Crippen LogP contribution in [0.4, 0.5) is 5.69 Å². The first kappa shape index (κ1) is 15.2. The molecule has 0 unspecified atom stereocenters. The number of carbonyl (C=O) groups is 1. The highest BCUT2D eigenvalue weighted by molar-refractivity contribution is 6.23. The smallest absolute Gasteiger partial charge is 0.275 e. The molecule has 24 heavy (non-hydrogen) atoms. The van der Waals surface area contributed by atoms with E-state index in [1.165, 1.54) is 33.9 Å². The van der Waals surface area contributed by atoms with E-state index in [1.54, 1.807) is 7.05 Å². The molecule has 0 fully saturated rings. The Kier molecular flexibility index (Phi) is 3.21. The van der Waals surface area contributed by atoms with Gasteiger partial charge in [0.1, 0.15) is 0 Å². The number of amides is 1. The van der Waals surface area contributed by atoms with E-state index >= 15 is 0 Å². The van der Waals surface area contributed by atoms with Gasteiger partial charge < -0.3 is 4.90 Å². The highest BCUT2D eigenvalue weighted by Crippen LogP contribution is 2.50. The van der Waals surface area contributed by atoms with Gasteiger partial charge in [-0.25, -0.2) is 5.01 Å². The lowest BCUT2D eigenvalue weighted by molar-refractivity contribution is -0.124. The summed E-state index contributed by atoms with van der Waals surface area (Å²) in [6.45, 7) is 7.48. The highest BCUT2D eigenvalue weighted by atomic mass is 16.2. The standard InChI is InChI=1S/C20H23N3O/c1-13-15(19(24)22(4)21-13)10-11-17-20(2,3)16-9-5-7-14-8-6-12-23(17)18(14)16/h5,7,9-11H,6,8,12H2,1-4H3/b15-10+,17-11-. The van der Waals surface area contributed by atoms with Gasteiger partial charge in [-0.2, -0.15) is 5.10 Å². The maximum atomic E-state index is 12.2. The number of hydrogen-bond acceptors (Lipinski definition) is 3. The minimum Gasteiger partial charge on any atom is -0.344 e. The molecule has 0 spiro atoms. The van der Waals surface area contributed by atoms with Crippen molar-refractivity contribution in [2.24, 2.45) is 5.10 Å². The first-order chi connectivity index (χ1) is 11.4. The van der Waals surface area contributed by atoms with Crippen molar-refractivity contribution in [3.8, 4) is 0 Å². The second-order valence-corrected chi connectivity index (χ2v) is 7.34. The second kappa shape index (κ2) is 5.07. The first-order valence-electron chi connectivity index (χ1n) is 8.57. The fraction of sp³-hybridized carbons (Fsp3) is 0.400. The van der Waals surface area contributed by atoms with E-state index in [4.69, 9.17) is 0 Å². The van der Waals surface area contributed by atoms with Crippen LogP contribution in [0.15, 0.2) is 46.7 Å². The summed E-state index contributed by atoms with van der Waals surface area (Å²) in [5.41, 5.74) is 6.92. The van der Waals surface area contributed by atoms with Gasteiger partial charge in [0.2, 0.25) is 0 Å². The van der Waals surface area contributed by atoms with E-state index in [9.17, 15) is 4.79 Å². The predicted octanol–water partition coefficient (Wildman–Crippen LogP) is 3.39. The lowest BCUT2D eigenvalue weighted by Gasteiger charge is -2.30. The molecular weight excluding hydrogens is 298 g/mol. The molecule has 0 atom stereocenters. The third-order valence-electron chi connectivity index (χ3n) is 5.44. The molecule has 0 saturated heterocycles. The Bertz CT molecular complexity index is 829. The minimum absolute atomic E-state index is 0.0306. The van der Waals surface area contributed by atoms with E-state index in [2.05, 4.69) is 48.1 Å². The normalized spacial score (nSPS) is 24.8.